The zero-order valence-corrected chi connectivity index (χ0v) is 15.6. The van der Waals surface area contributed by atoms with Crippen molar-refractivity contribution in [2.45, 2.75) is 38.8 Å². The zero-order valence-electron chi connectivity index (χ0n) is 14.7. The van der Waals surface area contributed by atoms with Crippen molar-refractivity contribution in [3.05, 3.63) is 36.0 Å². The SMILES string of the molecule is COC(=O)C(Cc1c[nH]c2ccccc12)NC(=O)C(N)CC(C)C.Cl. The molecule has 1 heterocycles. The average Bonchev–Trinajstić information content (AvgIpc) is 2.96. The van der Waals surface area contributed by atoms with Crippen LogP contribution >= 0.6 is 12.4 Å². The standard InChI is InChI=1S/C18H25N3O3.ClH/c1-11(2)8-14(19)17(22)21-16(18(23)24-3)9-12-10-20-15-7-5-4-6-13(12)15;/h4-7,10-11,14,16,20H,8-9,19H2,1-3H3,(H,21,22);1H. The maximum absolute atomic E-state index is 12.2. The first-order valence-electron chi connectivity index (χ1n) is 8.11. The summed E-state index contributed by atoms with van der Waals surface area (Å²) < 4.78 is 4.83. The summed E-state index contributed by atoms with van der Waals surface area (Å²) in [6.45, 7) is 3.99. The third-order valence-corrected chi connectivity index (χ3v) is 3.96. The summed E-state index contributed by atoms with van der Waals surface area (Å²) in [7, 11) is 1.31. The molecule has 1 aromatic carbocycles. The minimum absolute atomic E-state index is 0. The summed E-state index contributed by atoms with van der Waals surface area (Å²) in [6, 6.07) is 6.40. The molecule has 138 valence electrons. The number of H-pyrrole nitrogens is 1. The van der Waals surface area contributed by atoms with Gasteiger partial charge < -0.3 is 20.8 Å². The number of carbonyl (C=O) groups is 2. The number of esters is 1. The van der Waals surface area contributed by atoms with E-state index in [1.807, 2.05) is 44.3 Å². The number of hydrogen-bond donors (Lipinski definition) is 3. The summed E-state index contributed by atoms with van der Waals surface area (Å²) >= 11 is 0. The fourth-order valence-electron chi connectivity index (χ4n) is 2.75. The number of aromatic nitrogens is 1. The van der Waals surface area contributed by atoms with Crippen LogP contribution in [0.2, 0.25) is 0 Å². The van der Waals surface area contributed by atoms with Gasteiger partial charge in [-0.3, -0.25) is 4.79 Å². The van der Waals surface area contributed by atoms with Crippen LogP contribution in [-0.2, 0) is 20.7 Å². The third-order valence-electron chi connectivity index (χ3n) is 3.96. The lowest BCUT2D eigenvalue weighted by Gasteiger charge is -2.20. The van der Waals surface area contributed by atoms with E-state index in [2.05, 4.69) is 10.3 Å². The van der Waals surface area contributed by atoms with Crippen LogP contribution in [0.4, 0.5) is 0 Å². The van der Waals surface area contributed by atoms with Crippen molar-refractivity contribution < 1.29 is 14.3 Å². The van der Waals surface area contributed by atoms with E-state index < -0.39 is 18.1 Å². The van der Waals surface area contributed by atoms with E-state index in [4.69, 9.17) is 10.5 Å². The number of methoxy groups -OCH3 is 1. The molecule has 2 aromatic rings. The van der Waals surface area contributed by atoms with Gasteiger partial charge in [-0.2, -0.15) is 0 Å². The van der Waals surface area contributed by atoms with E-state index in [1.54, 1.807) is 0 Å². The molecule has 2 rings (SSSR count). The molecule has 1 aromatic heterocycles. The second-order valence-corrected chi connectivity index (χ2v) is 6.38. The Hall–Kier alpha value is -2.05. The highest BCUT2D eigenvalue weighted by atomic mass is 35.5. The van der Waals surface area contributed by atoms with E-state index in [-0.39, 0.29) is 18.3 Å². The molecule has 0 aliphatic rings. The highest BCUT2D eigenvalue weighted by Gasteiger charge is 2.26. The molecule has 1 amide bonds. The molecule has 0 bridgehead atoms. The first-order chi connectivity index (χ1) is 11.4. The van der Waals surface area contributed by atoms with E-state index >= 15 is 0 Å². The zero-order chi connectivity index (χ0) is 17.7. The number of nitrogens with two attached hydrogens (primary N) is 1. The first kappa shape index (κ1) is 21.0. The van der Waals surface area contributed by atoms with E-state index in [1.165, 1.54) is 7.11 Å². The second-order valence-electron chi connectivity index (χ2n) is 6.38. The Balaban J connectivity index is 0.00000312. The van der Waals surface area contributed by atoms with Crippen LogP contribution in [0.25, 0.3) is 10.9 Å². The molecule has 25 heavy (non-hydrogen) atoms. The Morgan fingerprint density at radius 1 is 1.28 bits per heavy atom. The van der Waals surface area contributed by atoms with Crippen molar-refractivity contribution in [3.63, 3.8) is 0 Å². The fourth-order valence-corrected chi connectivity index (χ4v) is 2.75. The van der Waals surface area contributed by atoms with Crippen molar-refractivity contribution in [2.24, 2.45) is 11.7 Å². The lowest BCUT2D eigenvalue weighted by molar-refractivity contribution is -0.145. The Morgan fingerprint density at radius 3 is 2.60 bits per heavy atom. The van der Waals surface area contributed by atoms with Gasteiger partial charge in [-0.05, 0) is 24.0 Å². The fraction of sp³-hybridized carbons (Fsp3) is 0.444. The smallest absolute Gasteiger partial charge is 0.328 e. The van der Waals surface area contributed by atoms with Crippen LogP contribution in [0.1, 0.15) is 25.8 Å². The maximum Gasteiger partial charge on any atom is 0.328 e. The predicted molar refractivity (Wildman–Crippen MR) is 101 cm³/mol. The van der Waals surface area contributed by atoms with Crippen LogP contribution < -0.4 is 11.1 Å². The van der Waals surface area contributed by atoms with Crippen molar-refractivity contribution in [2.75, 3.05) is 7.11 Å². The summed E-state index contributed by atoms with van der Waals surface area (Å²) in [5, 5.41) is 3.74. The molecule has 6 nitrogen and oxygen atoms in total. The minimum atomic E-state index is -0.764. The van der Waals surface area contributed by atoms with Gasteiger partial charge >= 0.3 is 5.97 Å². The monoisotopic (exact) mass is 367 g/mol. The molecule has 7 heteroatoms. The normalized spacial score (nSPS) is 13.2. The molecule has 0 fully saturated rings. The molecule has 0 saturated heterocycles. The number of nitrogens with one attached hydrogen (secondary N) is 2. The molecule has 0 radical (unpaired) electrons. The molecule has 0 spiro atoms. The Kier molecular flexibility index (Phi) is 7.93. The molecule has 2 unspecified atom stereocenters. The van der Waals surface area contributed by atoms with Crippen LogP contribution in [0.15, 0.2) is 30.5 Å². The van der Waals surface area contributed by atoms with Gasteiger partial charge in [0.1, 0.15) is 6.04 Å². The summed E-state index contributed by atoms with van der Waals surface area (Å²) in [4.78, 5) is 27.5. The lowest BCUT2D eigenvalue weighted by atomic mass is 10.0. The van der Waals surface area contributed by atoms with Crippen molar-refractivity contribution >= 4 is 35.2 Å². The Morgan fingerprint density at radius 2 is 1.96 bits per heavy atom. The minimum Gasteiger partial charge on any atom is -0.467 e. The number of fused-ring (bicyclic) bond motifs is 1. The van der Waals surface area contributed by atoms with Gasteiger partial charge in [-0.25, -0.2) is 4.79 Å². The number of para-hydroxylation sites is 1. The van der Waals surface area contributed by atoms with Crippen molar-refractivity contribution in [1.29, 1.82) is 0 Å². The number of aromatic amines is 1. The van der Waals surface area contributed by atoms with Crippen LogP contribution in [0.5, 0.6) is 0 Å². The van der Waals surface area contributed by atoms with E-state index in [0.717, 1.165) is 16.5 Å². The predicted octanol–water partition coefficient (Wildman–Crippen LogP) is 2.16. The topological polar surface area (TPSA) is 97.2 Å². The number of ether oxygens (including phenoxy) is 1. The number of carbonyl (C=O) groups excluding carboxylic acids is 2. The van der Waals surface area contributed by atoms with Gasteiger partial charge in [0.05, 0.1) is 13.2 Å². The summed E-state index contributed by atoms with van der Waals surface area (Å²) in [5.41, 5.74) is 7.83. The Bertz CT molecular complexity index is 714. The molecule has 0 aliphatic carbocycles. The molecule has 0 aliphatic heterocycles. The number of hydrogen-bond acceptors (Lipinski definition) is 4. The van der Waals surface area contributed by atoms with Crippen LogP contribution in [0.3, 0.4) is 0 Å². The van der Waals surface area contributed by atoms with Crippen LogP contribution in [0, 0.1) is 5.92 Å². The number of rotatable bonds is 7. The van der Waals surface area contributed by atoms with Gasteiger partial charge in [-0.1, -0.05) is 32.0 Å². The molecule has 4 N–H and O–H groups in total. The molecular weight excluding hydrogens is 342 g/mol. The molecule has 0 saturated carbocycles. The molecular formula is C18H26ClN3O3. The van der Waals surface area contributed by atoms with Crippen molar-refractivity contribution in [3.8, 4) is 0 Å². The largest absolute Gasteiger partial charge is 0.467 e. The third kappa shape index (κ3) is 5.47. The highest BCUT2D eigenvalue weighted by Crippen LogP contribution is 2.19. The van der Waals surface area contributed by atoms with Crippen LogP contribution in [-0.4, -0.2) is 36.1 Å². The van der Waals surface area contributed by atoms with Gasteiger partial charge in [0.15, 0.2) is 0 Å². The lowest BCUT2D eigenvalue weighted by Crippen LogP contribution is -2.50. The number of amides is 1. The van der Waals surface area contributed by atoms with Crippen molar-refractivity contribution in [1.82, 2.24) is 10.3 Å². The number of benzene rings is 1. The quantitative estimate of drug-likeness (QED) is 0.653. The van der Waals surface area contributed by atoms with E-state index in [0.29, 0.717) is 18.8 Å². The van der Waals surface area contributed by atoms with Gasteiger partial charge in [-0.15, -0.1) is 12.4 Å². The van der Waals surface area contributed by atoms with E-state index in [9.17, 15) is 9.59 Å². The maximum atomic E-state index is 12.2. The van der Waals surface area contributed by atoms with Gasteiger partial charge in [0.2, 0.25) is 5.91 Å². The highest BCUT2D eigenvalue weighted by molar-refractivity contribution is 5.89. The second kappa shape index (κ2) is 9.44. The van der Waals surface area contributed by atoms with Gasteiger partial charge in [0.25, 0.3) is 0 Å². The molecule has 2 atom stereocenters. The average molecular weight is 368 g/mol. The summed E-state index contributed by atoms with van der Waals surface area (Å²) in [6.07, 6.45) is 2.75. The Labute approximate surface area is 153 Å². The first-order valence-corrected chi connectivity index (χ1v) is 8.11. The number of halogens is 1. The summed E-state index contributed by atoms with van der Waals surface area (Å²) in [5.74, 6) is -0.514. The van der Waals surface area contributed by atoms with Gasteiger partial charge in [0, 0.05) is 23.5 Å².